The molecule has 1 aliphatic carbocycles. The molecule has 4 aromatic rings. The van der Waals surface area contributed by atoms with Crippen molar-refractivity contribution in [1.82, 2.24) is 4.31 Å². The van der Waals surface area contributed by atoms with Gasteiger partial charge in [-0.05, 0) is 60.6 Å². The Bertz CT molecular complexity index is 1990. The molecule has 1 saturated carbocycles. The summed E-state index contributed by atoms with van der Waals surface area (Å²) < 4.78 is 119. The van der Waals surface area contributed by atoms with Crippen molar-refractivity contribution < 1.29 is 49.1 Å². The van der Waals surface area contributed by atoms with Gasteiger partial charge in [-0.25, -0.2) is 39.6 Å². The third-order valence-corrected chi connectivity index (χ3v) is 11.0. The number of hydrogen-bond acceptors (Lipinski definition) is 5. The summed E-state index contributed by atoms with van der Waals surface area (Å²) in [6.45, 7) is 0.601. The van der Waals surface area contributed by atoms with Gasteiger partial charge in [0.15, 0.2) is 28.2 Å². The minimum absolute atomic E-state index is 0.0914. The zero-order valence-corrected chi connectivity index (χ0v) is 28.5. The highest BCUT2D eigenvalue weighted by Gasteiger charge is 2.40. The van der Waals surface area contributed by atoms with Crippen molar-refractivity contribution in [3.05, 3.63) is 130 Å². The van der Waals surface area contributed by atoms with Gasteiger partial charge in [0.1, 0.15) is 18.5 Å². The van der Waals surface area contributed by atoms with Crippen molar-refractivity contribution in [2.75, 3.05) is 11.9 Å². The molecular weight excluding hydrogens is 698 g/mol. The smallest absolute Gasteiger partial charge is 0.338 e. The Kier molecular flexibility index (Phi) is 11.6. The van der Waals surface area contributed by atoms with Crippen LogP contribution in [0.1, 0.15) is 72.0 Å². The van der Waals surface area contributed by atoms with E-state index in [-0.39, 0.29) is 28.7 Å². The normalized spacial score (nSPS) is 14.4. The fourth-order valence-electron chi connectivity index (χ4n) is 6.00. The minimum Gasteiger partial charge on any atom is -0.457 e. The number of amides is 1. The minimum atomic E-state index is -5.54. The monoisotopic (exact) mass is 732 g/mol. The quantitative estimate of drug-likeness (QED) is 0.0673. The molecule has 51 heavy (non-hydrogen) atoms. The van der Waals surface area contributed by atoms with Gasteiger partial charge in [0, 0.05) is 7.05 Å². The number of rotatable bonds is 11. The fraction of sp³-hybridized carbons (Fsp3) is 0.297. The van der Waals surface area contributed by atoms with Gasteiger partial charge >= 0.3 is 5.97 Å². The van der Waals surface area contributed by atoms with E-state index < -0.39 is 67.7 Å². The Morgan fingerprint density at radius 2 is 1.37 bits per heavy atom. The van der Waals surface area contributed by atoms with Crippen LogP contribution in [0.2, 0.25) is 0 Å². The van der Waals surface area contributed by atoms with E-state index in [0.717, 1.165) is 68.7 Å². The second kappa shape index (κ2) is 15.7. The second-order valence-electron chi connectivity index (χ2n) is 12.3. The molecule has 0 aromatic heterocycles. The van der Waals surface area contributed by atoms with E-state index in [1.54, 1.807) is 42.5 Å². The van der Waals surface area contributed by atoms with Crippen molar-refractivity contribution >= 4 is 27.6 Å². The van der Waals surface area contributed by atoms with Crippen molar-refractivity contribution in [2.24, 2.45) is 0 Å². The van der Waals surface area contributed by atoms with Crippen LogP contribution in [-0.2, 0) is 32.7 Å². The van der Waals surface area contributed by atoms with Crippen LogP contribution in [0.15, 0.2) is 77.7 Å². The molecule has 0 aliphatic heterocycles. The average molecular weight is 733 g/mol. The van der Waals surface area contributed by atoms with Gasteiger partial charge in [-0.1, -0.05) is 73.9 Å². The summed E-state index contributed by atoms with van der Waals surface area (Å²) >= 11 is 0. The van der Waals surface area contributed by atoms with Crippen LogP contribution in [0.3, 0.4) is 0 Å². The van der Waals surface area contributed by atoms with Crippen LogP contribution in [0.5, 0.6) is 0 Å². The Hall–Kier alpha value is -4.69. The molecule has 1 amide bonds. The molecule has 4 aromatic carbocycles. The van der Waals surface area contributed by atoms with E-state index in [0.29, 0.717) is 17.0 Å². The lowest BCUT2D eigenvalue weighted by Gasteiger charge is -2.31. The summed E-state index contributed by atoms with van der Waals surface area (Å²) in [5.41, 5.74) is 1.71. The van der Waals surface area contributed by atoms with E-state index >= 15 is 4.39 Å². The van der Waals surface area contributed by atoms with Gasteiger partial charge < -0.3 is 9.64 Å². The first-order valence-electron chi connectivity index (χ1n) is 16.1. The molecule has 0 radical (unpaired) electrons. The van der Waals surface area contributed by atoms with E-state index in [9.17, 15) is 40.0 Å². The zero-order chi connectivity index (χ0) is 37.0. The van der Waals surface area contributed by atoms with Gasteiger partial charge in [0.25, 0.3) is 0 Å². The maximum absolute atomic E-state index is 15.8. The number of carbonyl (C=O) groups excluding carboxylic acids is 2. The molecule has 0 spiro atoms. The highest BCUT2D eigenvalue weighted by molar-refractivity contribution is 7.89. The molecule has 1 fully saturated rings. The summed E-state index contributed by atoms with van der Waals surface area (Å²) in [5, 5.41) is 0. The number of benzene rings is 4. The number of likely N-dealkylation sites (N-methyl/N-ethyl adjacent to an activating group) is 1. The molecule has 0 unspecified atom stereocenters. The maximum atomic E-state index is 15.8. The average Bonchev–Trinajstić information content (AvgIpc) is 3.14. The first-order valence-corrected chi connectivity index (χ1v) is 17.6. The fourth-order valence-corrected chi connectivity index (χ4v) is 7.43. The molecular formula is C37H34F6N2O5S. The highest BCUT2D eigenvalue weighted by atomic mass is 32.2. The summed E-state index contributed by atoms with van der Waals surface area (Å²) in [6.07, 6.45) is 5.41. The Labute approximate surface area is 291 Å². The number of esters is 1. The van der Waals surface area contributed by atoms with Gasteiger partial charge in [-0.3, -0.25) is 4.79 Å². The Morgan fingerprint density at radius 3 is 1.96 bits per heavy atom. The SMILES string of the molecule is C[C@H](C(=O)N(Cc1ccc(C2CCCCC2)cc1)c1ccc(C(=O)OCc2ccccc2)cc1F)N(C)S(=O)(=O)c1c(F)c(F)c(F)c(F)c1F. The predicted octanol–water partition coefficient (Wildman–Crippen LogP) is 8.17. The Morgan fingerprint density at radius 1 is 0.784 bits per heavy atom. The zero-order valence-electron chi connectivity index (χ0n) is 27.6. The van der Waals surface area contributed by atoms with Crippen molar-refractivity contribution in [3.63, 3.8) is 0 Å². The van der Waals surface area contributed by atoms with Crippen molar-refractivity contribution in [2.45, 2.75) is 69.0 Å². The van der Waals surface area contributed by atoms with Crippen LogP contribution in [0.4, 0.5) is 32.0 Å². The van der Waals surface area contributed by atoms with Crippen LogP contribution < -0.4 is 4.90 Å². The molecule has 14 heteroatoms. The van der Waals surface area contributed by atoms with Gasteiger partial charge in [0.05, 0.1) is 17.8 Å². The molecule has 7 nitrogen and oxygen atoms in total. The van der Waals surface area contributed by atoms with Crippen molar-refractivity contribution in [1.29, 1.82) is 0 Å². The number of anilines is 1. The summed E-state index contributed by atoms with van der Waals surface area (Å²) in [6, 6.07) is 17.3. The number of carbonyl (C=O) groups is 2. The number of nitrogens with zero attached hydrogens (tertiary/aromatic N) is 2. The van der Waals surface area contributed by atoms with Crippen LogP contribution >= 0.6 is 0 Å². The highest BCUT2D eigenvalue weighted by Crippen LogP contribution is 2.34. The van der Waals surface area contributed by atoms with Gasteiger partial charge in [0.2, 0.25) is 21.7 Å². The van der Waals surface area contributed by atoms with Crippen molar-refractivity contribution in [3.8, 4) is 0 Å². The molecule has 0 saturated heterocycles. The number of halogens is 6. The standard InChI is InChI=1S/C37H34F6N2O5S/c1-22(44(2)51(48,49)35-33(42)31(40)30(39)32(41)34(35)43)36(46)45(20-23-13-15-26(16-14-23)25-11-7-4-8-12-25)29-18-17-27(19-28(29)38)37(47)50-21-24-9-5-3-6-10-24/h3,5-6,9-10,13-19,22,25H,4,7-8,11-12,20-21H2,1-2H3/t22-/m1/s1. The topological polar surface area (TPSA) is 84.0 Å². The van der Waals surface area contributed by atoms with Crippen LogP contribution in [0, 0.1) is 34.9 Å². The first-order chi connectivity index (χ1) is 24.2. The number of ether oxygens (including phenoxy) is 1. The number of sulfonamides is 1. The van der Waals surface area contributed by atoms with E-state index in [2.05, 4.69) is 0 Å². The number of hydrogen-bond donors (Lipinski definition) is 0. The van der Waals surface area contributed by atoms with Crippen LogP contribution in [-0.4, -0.2) is 37.7 Å². The lowest BCUT2D eigenvalue weighted by molar-refractivity contribution is -0.121. The third-order valence-electron chi connectivity index (χ3n) is 9.06. The summed E-state index contributed by atoms with van der Waals surface area (Å²) in [7, 11) is -4.82. The molecule has 1 aliphatic rings. The van der Waals surface area contributed by atoms with E-state index in [1.165, 1.54) is 6.07 Å². The molecule has 0 heterocycles. The maximum Gasteiger partial charge on any atom is 0.338 e. The first kappa shape index (κ1) is 37.6. The molecule has 0 N–H and O–H groups in total. The molecule has 1 atom stereocenters. The summed E-state index contributed by atoms with van der Waals surface area (Å²) in [4.78, 5) is 25.5. The van der Waals surface area contributed by atoms with E-state index in [1.807, 2.05) is 12.1 Å². The van der Waals surface area contributed by atoms with Gasteiger partial charge in [-0.2, -0.15) is 4.31 Å². The predicted molar refractivity (Wildman–Crippen MR) is 176 cm³/mol. The molecule has 270 valence electrons. The largest absolute Gasteiger partial charge is 0.457 e. The molecule has 0 bridgehead atoms. The van der Waals surface area contributed by atoms with Gasteiger partial charge in [-0.15, -0.1) is 0 Å². The second-order valence-corrected chi connectivity index (χ2v) is 14.3. The Balaban J connectivity index is 1.46. The lowest BCUT2D eigenvalue weighted by atomic mass is 9.84. The third kappa shape index (κ3) is 7.96. The van der Waals surface area contributed by atoms with E-state index in [4.69, 9.17) is 4.74 Å². The van der Waals surface area contributed by atoms with Crippen LogP contribution in [0.25, 0.3) is 0 Å². The summed E-state index contributed by atoms with van der Waals surface area (Å²) in [5.74, 6) is -15.4. The lowest BCUT2D eigenvalue weighted by Crippen LogP contribution is -2.48. The molecule has 5 rings (SSSR count).